The molecule has 28 heavy (non-hydrogen) atoms. The number of benzene rings is 1. The van der Waals surface area contributed by atoms with Gasteiger partial charge in [0.25, 0.3) is 5.91 Å². The van der Waals surface area contributed by atoms with Gasteiger partial charge in [0.1, 0.15) is 0 Å². The normalized spacial score (nSPS) is 15.1. The third-order valence-corrected chi connectivity index (χ3v) is 5.26. The van der Waals surface area contributed by atoms with Crippen molar-refractivity contribution in [2.75, 3.05) is 13.1 Å². The number of aromatic nitrogens is 3. The first kappa shape index (κ1) is 18.5. The second kappa shape index (κ2) is 8.02. The highest BCUT2D eigenvalue weighted by Crippen LogP contribution is 2.20. The van der Waals surface area contributed by atoms with E-state index in [1.807, 2.05) is 55.3 Å². The molecule has 1 saturated heterocycles. The summed E-state index contributed by atoms with van der Waals surface area (Å²) in [5, 5.41) is 0. The first-order valence-corrected chi connectivity index (χ1v) is 9.65. The number of piperidine rings is 1. The largest absolute Gasteiger partial charge is 0.373 e. The zero-order valence-electron chi connectivity index (χ0n) is 16.3. The summed E-state index contributed by atoms with van der Waals surface area (Å²) in [6.45, 7) is 5.85. The molecule has 1 aliphatic heterocycles. The second-order valence-electron chi connectivity index (χ2n) is 7.26. The number of hydrogen-bond donors (Lipinski definition) is 0. The van der Waals surface area contributed by atoms with Crippen LogP contribution in [-0.4, -0.2) is 45.0 Å². The number of carbonyl (C=O) groups excluding carboxylic acids is 1. The molecule has 3 aromatic rings. The molecule has 6 nitrogen and oxygen atoms in total. The monoisotopic (exact) mass is 376 g/mol. The molecule has 0 aliphatic carbocycles. The molecule has 0 N–H and O–H groups in total. The smallest absolute Gasteiger partial charge is 0.253 e. The fraction of sp³-hybridized carbons (Fsp3) is 0.364. The molecule has 1 aliphatic rings. The van der Waals surface area contributed by atoms with E-state index in [1.54, 1.807) is 6.20 Å². The SMILES string of the molecule is Cc1nc2ccc(C(=O)N3CCC(OCc4cccnc4)CC3)cc2nc1C. The zero-order valence-corrected chi connectivity index (χ0v) is 16.3. The van der Waals surface area contributed by atoms with Crippen LogP contribution >= 0.6 is 0 Å². The van der Waals surface area contributed by atoms with Crippen LogP contribution < -0.4 is 0 Å². The van der Waals surface area contributed by atoms with Crippen LogP contribution in [-0.2, 0) is 11.3 Å². The van der Waals surface area contributed by atoms with Gasteiger partial charge in [0.2, 0.25) is 0 Å². The topological polar surface area (TPSA) is 68.2 Å². The predicted molar refractivity (Wildman–Crippen MR) is 107 cm³/mol. The summed E-state index contributed by atoms with van der Waals surface area (Å²) in [7, 11) is 0. The molecule has 0 radical (unpaired) electrons. The molecular formula is C22H24N4O2. The Morgan fingerprint density at radius 1 is 1.11 bits per heavy atom. The van der Waals surface area contributed by atoms with Gasteiger partial charge in [-0.2, -0.15) is 0 Å². The lowest BCUT2D eigenvalue weighted by molar-refractivity contribution is -0.000465. The van der Waals surface area contributed by atoms with Gasteiger partial charge in [-0.05, 0) is 56.5 Å². The van der Waals surface area contributed by atoms with Crippen LogP contribution in [0.3, 0.4) is 0 Å². The van der Waals surface area contributed by atoms with Crippen molar-refractivity contribution in [2.45, 2.75) is 39.4 Å². The van der Waals surface area contributed by atoms with E-state index in [9.17, 15) is 4.79 Å². The summed E-state index contributed by atoms with van der Waals surface area (Å²) in [4.78, 5) is 28.0. The highest BCUT2D eigenvalue weighted by Gasteiger charge is 2.24. The molecule has 3 heterocycles. The summed E-state index contributed by atoms with van der Waals surface area (Å²) < 4.78 is 5.99. The lowest BCUT2D eigenvalue weighted by Crippen LogP contribution is -2.40. The standard InChI is InChI=1S/C22H24N4O2/c1-15-16(2)25-21-12-18(5-6-20(21)24-15)22(27)26-10-7-19(8-11-26)28-14-17-4-3-9-23-13-17/h3-6,9,12-13,19H,7-8,10-11,14H2,1-2H3. The third-order valence-electron chi connectivity index (χ3n) is 5.26. The fourth-order valence-corrected chi connectivity index (χ4v) is 3.47. The summed E-state index contributed by atoms with van der Waals surface area (Å²) in [6, 6.07) is 9.50. The molecule has 1 fully saturated rings. The summed E-state index contributed by atoms with van der Waals surface area (Å²) >= 11 is 0. The number of likely N-dealkylation sites (tertiary alicyclic amines) is 1. The molecular weight excluding hydrogens is 352 g/mol. The van der Waals surface area contributed by atoms with Crippen LogP contribution in [0.2, 0.25) is 0 Å². The predicted octanol–water partition coefficient (Wildman–Crippen LogP) is 3.46. The molecule has 0 saturated carbocycles. The number of amides is 1. The van der Waals surface area contributed by atoms with E-state index in [1.165, 1.54) is 0 Å². The Morgan fingerprint density at radius 2 is 1.86 bits per heavy atom. The van der Waals surface area contributed by atoms with Gasteiger partial charge in [0.15, 0.2) is 0 Å². The Morgan fingerprint density at radius 3 is 2.57 bits per heavy atom. The number of pyridine rings is 1. The average Bonchev–Trinajstić information content (AvgIpc) is 2.73. The maximum Gasteiger partial charge on any atom is 0.253 e. The minimum absolute atomic E-state index is 0.0487. The van der Waals surface area contributed by atoms with E-state index in [0.29, 0.717) is 25.3 Å². The fourth-order valence-electron chi connectivity index (χ4n) is 3.47. The van der Waals surface area contributed by atoms with Crippen molar-refractivity contribution in [3.05, 3.63) is 65.2 Å². The van der Waals surface area contributed by atoms with E-state index in [-0.39, 0.29) is 12.0 Å². The number of ether oxygens (including phenoxy) is 1. The van der Waals surface area contributed by atoms with Gasteiger partial charge >= 0.3 is 0 Å². The van der Waals surface area contributed by atoms with Crippen molar-refractivity contribution in [3.8, 4) is 0 Å². The lowest BCUT2D eigenvalue weighted by Gasteiger charge is -2.32. The summed E-state index contributed by atoms with van der Waals surface area (Å²) in [5.74, 6) is 0.0487. The second-order valence-corrected chi connectivity index (χ2v) is 7.26. The van der Waals surface area contributed by atoms with Crippen LogP contribution in [0.5, 0.6) is 0 Å². The molecule has 144 valence electrons. The molecule has 0 spiro atoms. The van der Waals surface area contributed by atoms with Crippen molar-refractivity contribution in [2.24, 2.45) is 0 Å². The van der Waals surface area contributed by atoms with Crippen LogP contribution in [0.15, 0.2) is 42.7 Å². The van der Waals surface area contributed by atoms with Gasteiger partial charge in [0.05, 0.1) is 35.1 Å². The van der Waals surface area contributed by atoms with Gasteiger partial charge in [-0.3, -0.25) is 9.78 Å². The van der Waals surface area contributed by atoms with Gasteiger partial charge in [0, 0.05) is 31.0 Å². The number of hydrogen-bond acceptors (Lipinski definition) is 5. The maximum atomic E-state index is 12.9. The molecule has 2 aromatic heterocycles. The first-order valence-electron chi connectivity index (χ1n) is 9.65. The molecule has 6 heteroatoms. The quantitative estimate of drug-likeness (QED) is 0.697. The number of fused-ring (bicyclic) bond motifs is 1. The van der Waals surface area contributed by atoms with Crippen molar-refractivity contribution in [1.82, 2.24) is 19.9 Å². The Balaban J connectivity index is 1.37. The Kier molecular flexibility index (Phi) is 5.30. The van der Waals surface area contributed by atoms with Crippen molar-refractivity contribution < 1.29 is 9.53 Å². The summed E-state index contributed by atoms with van der Waals surface area (Å²) in [5.41, 5.74) is 5.14. The van der Waals surface area contributed by atoms with E-state index in [2.05, 4.69) is 15.0 Å². The van der Waals surface area contributed by atoms with Gasteiger partial charge in [-0.15, -0.1) is 0 Å². The highest BCUT2D eigenvalue weighted by molar-refractivity contribution is 5.97. The van der Waals surface area contributed by atoms with E-state index >= 15 is 0 Å². The third kappa shape index (κ3) is 4.02. The average molecular weight is 376 g/mol. The molecule has 4 rings (SSSR count). The molecule has 1 aromatic carbocycles. The maximum absolute atomic E-state index is 12.9. The first-order chi connectivity index (χ1) is 13.6. The summed E-state index contributed by atoms with van der Waals surface area (Å²) in [6.07, 6.45) is 5.45. The van der Waals surface area contributed by atoms with Crippen molar-refractivity contribution in [3.63, 3.8) is 0 Å². The number of rotatable bonds is 4. The van der Waals surface area contributed by atoms with Crippen LogP contribution in [0, 0.1) is 13.8 Å². The molecule has 1 amide bonds. The Labute approximate surface area is 164 Å². The van der Waals surface area contributed by atoms with Gasteiger partial charge in [-0.1, -0.05) is 6.07 Å². The number of aryl methyl sites for hydroxylation is 2. The lowest BCUT2D eigenvalue weighted by atomic mass is 10.1. The van der Waals surface area contributed by atoms with Crippen LogP contribution in [0.4, 0.5) is 0 Å². The van der Waals surface area contributed by atoms with E-state index < -0.39 is 0 Å². The van der Waals surface area contributed by atoms with Crippen LogP contribution in [0.1, 0.15) is 40.2 Å². The highest BCUT2D eigenvalue weighted by atomic mass is 16.5. The molecule has 0 unspecified atom stereocenters. The minimum Gasteiger partial charge on any atom is -0.373 e. The van der Waals surface area contributed by atoms with Crippen LogP contribution in [0.25, 0.3) is 11.0 Å². The van der Waals surface area contributed by atoms with Crippen molar-refractivity contribution in [1.29, 1.82) is 0 Å². The minimum atomic E-state index is 0.0487. The van der Waals surface area contributed by atoms with E-state index in [4.69, 9.17) is 4.74 Å². The zero-order chi connectivity index (χ0) is 19.5. The number of carbonyl (C=O) groups is 1. The molecule has 0 bridgehead atoms. The Bertz CT molecular complexity index is 982. The molecule has 0 atom stereocenters. The Hall–Kier alpha value is -2.86. The van der Waals surface area contributed by atoms with Gasteiger partial charge < -0.3 is 9.64 Å². The number of nitrogens with zero attached hydrogens (tertiary/aromatic N) is 4. The van der Waals surface area contributed by atoms with Gasteiger partial charge in [-0.25, -0.2) is 9.97 Å². The van der Waals surface area contributed by atoms with Crippen molar-refractivity contribution >= 4 is 16.9 Å². The van der Waals surface area contributed by atoms with E-state index in [0.717, 1.165) is 40.8 Å².